The summed E-state index contributed by atoms with van der Waals surface area (Å²) < 4.78 is 5.74. The molecule has 0 fully saturated rings. The molecule has 19 heavy (non-hydrogen) atoms. The molecule has 0 aliphatic heterocycles. The van der Waals surface area contributed by atoms with Crippen LogP contribution < -0.4 is 4.23 Å². The molecule has 2 aromatic heterocycles. The highest BCUT2D eigenvalue weighted by atomic mass is 127. The van der Waals surface area contributed by atoms with Gasteiger partial charge >= 0.3 is 0 Å². The molecule has 0 saturated heterocycles. The van der Waals surface area contributed by atoms with E-state index in [-0.39, 0.29) is 0 Å². The van der Waals surface area contributed by atoms with E-state index in [0.29, 0.717) is 0 Å². The third kappa shape index (κ3) is 2.87. The summed E-state index contributed by atoms with van der Waals surface area (Å²) in [6, 6.07) is 4.23. The van der Waals surface area contributed by atoms with Gasteiger partial charge in [-0.3, -0.25) is 0 Å². The molecule has 2 rings (SSSR count). The summed E-state index contributed by atoms with van der Waals surface area (Å²) in [6.07, 6.45) is 1.68. The van der Waals surface area contributed by atoms with Gasteiger partial charge in [-0.15, -0.1) is 0 Å². The van der Waals surface area contributed by atoms with Crippen molar-refractivity contribution in [3.8, 4) is 0 Å². The minimum absolute atomic E-state index is 1.11. The first-order valence-electron chi connectivity index (χ1n) is 6.41. The molecule has 4 nitrogen and oxygen atoms in total. The summed E-state index contributed by atoms with van der Waals surface area (Å²) >= 11 is 2.31. The highest BCUT2D eigenvalue weighted by Gasteiger charge is 2.36. The molecule has 0 spiro atoms. The second kappa shape index (κ2) is 4.85. The molecule has 0 aliphatic carbocycles. The summed E-state index contributed by atoms with van der Waals surface area (Å²) in [4.78, 5) is 4.61. The van der Waals surface area contributed by atoms with E-state index in [1.54, 1.807) is 6.33 Å². The molecule has 0 radical (unpaired) electrons. The summed E-state index contributed by atoms with van der Waals surface area (Å²) in [7, 11) is -2.96. The van der Waals surface area contributed by atoms with Crippen molar-refractivity contribution in [3.05, 3.63) is 22.2 Å². The van der Waals surface area contributed by atoms with E-state index in [2.05, 4.69) is 88.3 Å². The number of aromatic nitrogens is 3. The fraction of sp³-hybridized carbons (Fsp3) is 0.500. The van der Waals surface area contributed by atoms with Gasteiger partial charge in [-0.1, -0.05) is 39.3 Å². The number of halogens is 1. The molecular weight excluding hydrogens is 383 g/mol. The lowest BCUT2D eigenvalue weighted by Gasteiger charge is -2.44. The zero-order valence-electron chi connectivity index (χ0n) is 12.4. The molecule has 2 heterocycles. The maximum atomic E-state index is 4.61. The topological polar surface area (TPSA) is 33.4 Å². The van der Waals surface area contributed by atoms with Gasteiger partial charge in [0.05, 0.1) is 0 Å². The van der Waals surface area contributed by atoms with E-state index in [9.17, 15) is 0 Å². The van der Waals surface area contributed by atoms with Gasteiger partial charge in [0.25, 0.3) is 0 Å². The van der Waals surface area contributed by atoms with E-state index in [4.69, 9.17) is 0 Å². The zero-order chi connectivity index (χ0) is 14.4. The van der Waals surface area contributed by atoms with Crippen molar-refractivity contribution >= 4 is 50.4 Å². The Bertz CT molecular complexity index is 584. The molecule has 104 valence electrons. The average molecular weight is 404 g/mol. The predicted octanol–water partition coefficient (Wildman–Crippen LogP) is 3.81. The van der Waals surface area contributed by atoms with Crippen LogP contribution in [0.3, 0.4) is 0 Å². The van der Waals surface area contributed by atoms with Gasteiger partial charge < -0.3 is 4.23 Å². The summed E-state index contributed by atoms with van der Waals surface area (Å²) in [5, 5.41) is 4.35. The second-order valence-electron chi connectivity index (χ2n) is 6.71. The van der Waals surface area contributed by atoms with Gasteiger partial charge in [0.15, 0.2) is 0 Å². The number of fused-ring (bicyclic) bond motifs is 1. The maximum Gasteiger partial charge on any atom is 0.140 e. The highest BCUT2D eigenvalue weighted by molar-refractivity contribution is 14.1. The summed E-state index contributed by atoms with van der Waals surface area (Å²) in [5.74, 6) is 1.11. The number of nitrogens with zero attached hydrogens (tertiary/aromatic N) is 4. The Morgan fingerprint density at radius 1 is 1.05 bits per heavy atom. The van der Waals surface area contributed by atoms with Crippen molar-refractivity contribution in [3.63, 3.8) is 0 Å². The first-order chi connectivity index (χ1) is 8.62. The van der Waals surface area contributed by atoms with Gasteiger partial charge in [0.2, 0.25) is 0 Å². The Balaban J connectivity index is 2.70. The standard InChI is InChI=1S/C12H21IN4Si2/c1-18(2,3)17(19(4,5)6)12-10-7-8-11(13)16(10)15-9-14-12/h7-9H,1-6H3. The van der Waals surface area contributed by atoms with Crippen molar-refractivity contribution in [2.24, 2.45) is 0 Å². The maximum absolute atomic E-state index is 4.61. The van der Waals surface area contributed by atoms with Crippen LogP contribution in [0.2, 0.25) is 39.3 Å². The Labute approximate surface area is 130 Å². The van der Waals surface area contributed by atoms with Gasteiger partial charge in [0.1, 0.15) is 37.8 Å². The highest BCUT2D eigenvalue weighted by Crippen LogP contribution is 2.30. The first kappa shape index (κ1) is 15.0. The number of hydrogen-bond acceptors (Lipinski definition) is 3. The third-order valence-electron chi connectivity index (χ3n) is 2.94. The van der Waals surface area contributed by atoms with Gasteiger partial charge in [0, 0.05) is 0 Å². The average Bonchev–Trinajstić information content (AvgIpc) is 2.57. The molecule has 0 unspecified atom stereocenters. The Morgan fingerprint density at radius 2 is 1.63 bits per heavy atom. The Morgan fingerprint density at radius 3 is 2.16 bits per heavy atom. The SMILES string of the molecule is C[Si](C)(C)N(c1ncnn2c(I)ccc12)[Si](C)(C)C. The molecule has 7 heteroatoms. The predicted molar refractivity (Wildman–Crippen MR) is 94.9 cm³/mol. The minimum atomic E-state index is -1.48. The quantitative estimate of drug-likeness (QED) is 0.576. The van der Waals surface area contributed by atoms with Crippen LogP contribution in [0.25, 0.3) is 5.52 Å². The van der Waals surface area contributed by atoms with Crippen molar-refractivity contribution in [2.45, 2.75) is 39.3 Å². The lowest BCUT2D eigenvalue weighted by Crippen LogP contribution is -2.60. The van der Waals surface area contributed by atoms with E-state index in [1.807, 2.05) is 4.52 Å². The number of anilines is 1. The van der Waals surface area contributed by atoms with Crippen molar-refractivity contribution in [2.75, 3.05) is 4.23 Å². The number of hydrogen-bond donors (Lipinski definition) is 0. The Kier molecular flexibility index (Phi) is 3.82. The van der Waals surface area contributed by atoms with Crippen LogP contribution in [0.15, 0.2) is 18.5 Å². The summed E-state index contributed by atoms with van der Waals surface area (Å²) in [6.45, 7) is 14.3. The lowest BCUT2D eigenvalue weighted by molar-refractivity contribution is 0.882. The molecule has 0 saturated carbocycles. The molecular formula is C12H21IN4Si2. The van der Waals surface area contributed by atoms with E-state index < -0.39 is 16.5 Å². The van der Waals surface area contributed by atoms with Crippen LogP contribution in [0.1, 0.15) is 0 Å². The van der Waals surface area contributed by atoms with Crippen LogP contribution in [-0.2, 0) is 0 Å². The van der Waals surface area contributed by atoms with Gasteiger partial charge in [-0.05, 0) is 34.7 Å². The molecule has 2 aromatic rings. The molecule has 0 aromatic carbocycles. The van der Waals surface area contributed by atoms with Gasteiger partial charge in [-0.2, -0.15) is 5.10 Å². The van der Waals surface area contributed by atoms with Crippen LogP contribution >= 0.6 is 22.6 Å². The fourth-order valence-electron chi connectivity index (χ4n) is 2.70. The first-order valence-corrected chi connectivity index (χ1v) is 14.4. The summed E-state index contributed by atoms with van der Waals surface area (Å²) in [5.41, 5.74) is 1.12. The van der Waals surface area contributed by atoms with Gasteiger partial charge in [-0.25, -0.2) is 9.50 Å². The van der Waals surface area contributed by atoms with Crippen LogP contribution in [0.4, 0.5) is 5.82 Å². The zero-order valence-corrected chi connectivity index (χ0v) is 16.6. The molecule has 0 aliphatic rings. The van der Waals surface area contributed by atoms with Crippen LogP contribution in [-0.4, -0.2) is 31.1 Å². The largest absolute Gasteiger partial charge is 0.408 e. The Hall–Kier alpha value is -0.416. The smallest absolute Gasteiger partial charge is 0.140 e. The fourth-order valence-corrected chi connectivity index (χ4v) is 12.9. The van der Waals surface area contributed by atoms with Crippen molar-refractivity contribution in [1.82, 2.24) is 14.6 Å². The minimum Gasteiger partial charge on any atom is -0.408 e. The second-order valence-corrected chi connectivity index (χ2v) is 17.8. The molecule has 0 bridgehead atoms. The van der Waals surface area contributed by atoms with Crippen LogP contribution in [0.5, 0.6) is 0 Å². The normalized spacial score (nSPS) is 13.0. The van der Waals surface area contributed by atoms with Crippen molar-refractivity contribution in [1.29, 1.82) is 0 Å². The molecule has 0 amide bonds. The van der Waals surface area contributed by atoms with E-state index in [0.717, 1.165) is 15.0 Å². The third-order valence-corrected chi connectivity index (χ3v) is 10.9. The molecule has 0 atom stereocenters. The van der Waals surface area contributed by atoms with E-state index in [1.165, 1.54) is 0 Å². The number of rotatable bonds is 3. The van der Waals surface area contributed by atoms with Crippen molar-refractivity contribution < 1.29 is 0 Å². The van der Waals surface area contributed by atoms with Crippen LogP contribution in [0, 0.1) is 3.70 Å². The monoisotopic (exact) mass is 404 g/mol. The van der Waals surface area contributed by atoms with E-state index >= 15 is 0 Å². The molecule has 0 N–H and O–H groups in total. The lowest BCUT2D eigenvalue weighted by atomic mass is 10.5.